The molecule has 17 nitrogen and oxygen atoms in total. The van der Waals surface area contributed by atoms with Crippen molar-refractivity contribution in [1.82, 2.24) is 0 Å². The van der Waals surface area contributed by atoms with Crippen molar-refractivity contribution in [3.05, 3.63) is 0 Å². The predicted molar refractivity (Wildman–Crippen MR) is 294 cm³/mol. The van der Waals surface area contributed by atoms with Gasteiger partial charge in [0, 0.05) is 25.7 Å². The molecule has 0 aromatic rings. The number of hydrogen-bond donors (Lipinski definition) is 3. The third-order valence-corrected chi connectivity index (χ3v) is 14.7. The third kappa shape index (κ3) is 51.3. The lowest BCUT2D eigenvalue weighted by atomic mass is 10.0. The summed E-state index contributed by atoms with van der Waals surface area (Å²) in [6, 6.07) is 0. The van der Waals surface area contributed by atoms with E-state index in [2.05, 4.69) is 34.6 Å². The Kier molecular flexibility index (Phi) is 49.0. The highest BCUT2D eigenvalue weighted by Gasteiger charge is 2.30. The van der Waals surface area contributed by atoms with E-state index in [1.54, 1.807) is 0 Å². The normalized spacial score (nSPS) is 14.5. The number of ether oxygens (including phenoxy) is 4. The Morgan fingerprint density at radius 2 is 0.613 bits per heavy atom. The zero-order chi connectivity index (χ0) is 55.7. The average Bonchev–Trinajstić information content (AvgIpc) is 3.37. The summed E-state index contributed by atoms with van der Waals surface area (Å²) in [5.41, 5.74) is 0. The second-order valence-corrected chi connectivity index (χ2v) is 23.7. The first-order valence-electron chi connectivity index (χ1n) is 29.6. The van der Waals surface area contributed by atoms with Gasteiger partial charge in [-0.05, 0) is 31.6 Å². The topological polar surface area (TPSA) is 237 Å². The van der Waals surface area contributed by atoms with E-state index in [0.717, 1.165) is 96.3 Å². The first-order valence-corrected chi connectivity index (χ1v) is 32.6. The second kappa shape index (κ2) is 50.3. The van der Waals surface area contributed by atoms with Gasteiger partial charge in [-0.3, -0.25) is 37.3 Å². The molecule has 3 N–H and O–H groups in total. The molecule has 0 aromatic heterocycles. The highest BCUT2D eigenvalue weighted by molar-refractivity contribution is 7.47. The summed E-state index contributed by atoms with van der Waals surface area (Å²) in [4.78, 5) is 71.6. The van der Waals surface area contributed by atoms with Crippen LogP contribution in [0.2, 0.25) is 0 Å². The molecule has 19 heteroatoms. The van der Waals surface area contributed by atoms with Crippen LogP contribution in [0.25, 0.3) is 0 Å². The molecule has 0 amide bonds. The molecule has 2 unspecified atom stereocenters. The van der Waals surface area contributed by atoms with Gasteiger partial charge in [0.1, 0.15) is 19.3 Å². The lowest BCUT2D eigenvalue weighted by Gasteiger charge is -2.21. The van der Waals surface area contributed by atoms with Gasteiger partial charge in [-0.15, -0.1) is 0 Å². The fourth-order valence-electron chi connectivity index (χ4n) is 8.17. The number of aliphatic hydroxyl groups excluding tert-OH is 1. The van der Waals surface area contributed by atoms with Crippen molar-refractivity contribution in [3.63, 3.8) is 0 Å². The number of aliphatic hydroxyl groups is 1. The van der Waals surface area contributed by atoms with Crippen LogP contribution >= 0.6 is 15.6 Å². The van der Waals surface area contributed by atoms with Gasteiger partial charge in [-0.25, -0.2) is 9.13 Å². The van der Waals surface area contributed by atoms with E-state index in [1.165, 1.54) is 89.9 Å². The maximum absolute atomic E-state index is 12.9. The lowest BCUT2D eigenvalue weighted by Crippen LogP contribution is -2.30. The van der Waals surface area contributed by atoms with E-state index < -0.39 is 97.5 Å². The molecule has 0 fully saturated rings. The van der Waals surface area contributed by atoms with Gasteiger partial charge in [0.2, 0.25) is 0 Å². The molecule has 0 aliphatic carbocycles. The Balaban J connectivity index is 5.21. The Hall–Kier alpha value is -1.94. The molecule has 0 saturated heterocycles. The summed E-state index contributed by atoms with van der Waals surface area (Å²) < 4.78 is 67.5. The van der Waals surface area contributed by atoms with E-state index in [4.69, 9.17) is 37.0 Å². The zero-order valence-corrected chi connectivity index (χ0v) is 49.5. The van der Waals surface area contributed by atoms with Crippen LogP contribution in [0.3, 0.4) is 0 Å². The minimum atomic E-state index is -4.93. The SMILES string of the molecule is CCCCCCCCCCCC(=O)OC[C@H](COP(=O)(O)OC[C@@H](O)COP(=O)(O)OC[C@@H](COC(=O)CCCCCCCCCC)OC(=O)CCCCCCCCCCC)OC(=O)CCCCCCCCC(C)C. The van der Waals surface area contributed by atoms with Crippen LogP contribution in [0, 0.1) is 5.92 Å². The van der Waals surface area contributed by atoms with Crippen molar-refractivity contribution >= 4 is 39.5 Å². The smallest absolute Gasteiger partial charge is 0.462 e. The number of phosphoric ester groups is 2. The monoisotopic (exact) mass is 1110 g/mol. The number of hydrogen-bond acceptors (Lipinski definition) is 15. The summed E-state index contributed by atoms with van der Waals surface area (Å²) >= 11 is 0. The minimum absolute atomic E-state index is 0.102. The van der Waals surface area contributed by atoms with Crippen LogP contribution in [-0.2, 0) is 65.4 Å². The first-order chi connectivity index (χ1) is 36.0. The Labute approximate surface area is 454 Å². The highest BCUT2D eigenvalue weighted by Crippen LogP contribution is 2.45. The lowest BCUT2D eigenvalue weighted by molar-refractivity contribution is -0.161. The average molecular weight is 1120 g/mol. The molecular formula is C56H108O17P2. The van der Waals surface area contributed by atoms with Crippen molar-refractivity contribution in [2.75, 3.05) is 39.6 Å². The molecule has 0 aliphatic rings. The highest BCUT2D eigenvalue weighted by atomic mass is 31.2. The zero-order valence-electron chi connectivity index (χ0n) is 47.7. The molecule has 444 valence electrons. The van der Waals surface area contributed by atoms with E-state index in [-0.39, 0.29) is 25.7 Å². The Morgan fingerprint density at radius 3 is 0.907 bits per heavy atom. The van der Waals surface area contributed by atoms with Gasteiger partial charge in [0.25, 0.3) is 0 Å². The number of carbonyl (C=O) groups excluding carboxylic acids is 4. The standard InChI is InChI=1S/C56H108O17P2/c1-6-9-12-15-18-21-24-30-35-40-54(59)67-46-52(73-56(61)42-37-32-27-26-28-33-38-49(4)5)48-71-75(64,65)69-44-50(57)43-68-74(62,63)70-47-51(45-66-53(58)39-34-29-23-20-17-14-11-8-3)72-55(60)41-36-31-25-22-19-16-13-10-7-2/h49-52,57H,6-48H2,1-5H3,(H,62,63)(H,64,65)/t50-,51+,52+/m0/s1. The Morgan fingerprint density at radius 1 is 0.360 bits per heavy atom. The molecule has 0 rings (SSSR count). The Bertz CT molecular complexity index is 1480. The van der Waals surface area contributed by atoms with Gasteiger partial charge in [-0.2, -0.15) is 0 Å². The fourth-order valence-corrected chi connectivity index (χ4v) is 9.75. The molecule has 0 bridgehead atoms. The van der Waals surface area contributed by atoms with Crippen LogP contribution in [-0.4, -0.2) is 96.7 Å². The van der Waals surface area contributed by atoms with E-state index in [9.17, 15) is 43.2 Å². The van der Waals surface area contributed by atoms with Crippen LogP contribution in [0.1, 0.15) is 272 Å². The van der Waals surface area contributed by atoms with Crippen molar-refractivity contribution in [1.29, 1.82) is 0 Å². The molecule has 0 radical (unpaired) electrons. The largest absolute Gasteiger partial charge is 0.472 e. The number of esters is 4. The molecule has 0 aromatic carbocycles. The summed E-state index contributed by atoms with van der Waals surface area (Å²) in [6.07, 6.45) is 30.9. The molecule has 0 spiro atoms. The minimum Gasteiger partial charge on any atom is -0.462 e. The van der Waals surface area contributed by atoms with E-state index in [0.29, 0.717) is 31.6 Å². The quantitative estimate of drug-likeness (QED) is 0.0222. The van der Waals surface area contributed by atoms with Crippen molar-refractivity contribution in [2.45, 2.75) is 291 Å². The van der Waals surface area contributed by atoms with Crippen molar-refractivity contribution in [2.24, 2.45) is 5.92 Å². The number of carbonyl (C=O) groups is 4. The fraction of sp³-hybridized carbons (Fsp3) is 0.929. The van der Waals surface area contributed by atoms with Crippen LogP contribution in [0.5, 0.6) is 0 Å². The summed E-state index contributed by atoms with van der Waals surface area (Å²) in [7, 11) is -9.86. The van der Waals surface area contributed by atoms with Gasteiger partial charge < -0.3 is 33.8 Å². The molecule has 0 heterocycles. The summed E-state index contributed by atoms with van der Waals surface area (Å²) in [6.45, 7) is 6.98. The molecule has 75 heavy (non-hydrogen) atoms. The molecule has 0 saturated carbocycles. The number of phosphoric acid groups is 2. The van der Waals surface area contributed by atoms with Crippen LogP contribution in [0.15, 0.2) is 0 Å². The maximum Gasteiger partial charge on any atom is 0.472 e. The van der Waals surface area contributed by atoms with Gasteiger partial charge in [0.15, 0.2) is 12.2 Å². The van der Waals surface area contributed by atoms with Gasteiger partial charge in [-0.1, -0.05) is 221 Å². The van der Waals surface area contributed by atoms with E-state index >= 15 is 0 Å². The third-order valence-electron chi connectivity index (χ3n) is 12.8. The van der Waals surface area contributed by atoms with Crippen LogP contribution < -0.4 is 0 Å². The number of rotatable bonds is 56. The number of unbranched alkanes of at least 4 members (excludes halogenated alkanes) is 28. The second-order valence-electron chi connectivity index (χ2n) is 20.8. The van der Waals surface area contributed by atoms with Crippen molar-refractivity contribution in [3.8, 4) is 0 Å². The van der Waals surface area contributed by atoms with Crippen molar-refractivity contribution < 1.29 is 80.2 Å². The van der Waals surface area contributed by atoms with Gasteiger partial charge in [0.05, 0.1) is 26.4 Å². The van der Waals surface area contributed by atoms with E-state index in [1.807, 2.05) is 0 Å². The molecular weight excluding hydrogens is 1010 g/mol. The summed E-state index contributed by atoms with van der Waals surface area (Å²) in [5.74, 6) is -1.48. The van der Waals surface area contributed by atoms with Gasteiger partial charge >= 0.3 is 39.5 Å². The first kappa shape index (κ1) is 73.1. The molecule has 5 atom stereocenters. The maximum atomic E-state index is 12.9. The van der Waals surface area contributed by atoms with Crippen LogP contribution in [0.4, 0.5) is 0 Å². The summed E-state index contributed by atoms with van der Waals surface area (Å²) in [5, 5.41) is 10.5. The predicted octanol–water partition coefficient (Wildman–Crippen LogP) is 14.7. The molecule has 0 aliphatic heterocycles.